The normalized spacial score (nSPS) is 29.4. The van der Waals surface area contributed by atoms with Crippen molar-refractivity contribution in [1.29, 1.82) is 0 Å². The number of nitrogens with zero attached hydrogens (tertiary/aromatic N) is 2. The second-order valence-corrected chi connectivity index (χ2v) is 4.02. The van der Waals surface area contributed by atoms with Gasteiger partial charge in [0.2, 0.25) is 0 Å². The molecule has 0 saturated carbocycles. The molecule has 0 aromatic heterocycles. The number of ether oxygens (including phenoxy) is 1. The van der Waals surface area contributed by atoms with Gasteiger partial charge in [0.25, 0.3) is 0 Å². The van der Waals surface area contributed by atoms with Gasteiger partial charge in [-0.3, -0.25) is 4.90 Å². The molecule has 0 radical (unpaired) electrons. The fourth-order valence-corrected chi connectivity index (χ4v) is 2.07. The van der Waals surface area contributed by atoms with E-state index in [0.29, 0.717) is 6.54 Å². The van der Waals surface area contributed by atoms with Crippen LogP contribution in [0.1, 0.15) is 19.3 Å². The highest BCUT2D eigenvalue weighted by Crippen LogP contribution is 2.13. The van der Waals surface area contributed by atoms with Gasteiger partial charge in [-0.15, -0.1) is 0 Å². The first-order valence-electron chi connectivity index (χ1n) is 5.21. The van der Waals surface area contributed by atoms with Gasteiger partial charge in [-0.1, -0.05) is 6.42 Å². The zero-order chi connectivity index (χ0) is 9.97. The maximum atomic E-state index is 11.0. The Bertz CT molecular complexity index is 216. The average Bonchev–Trinajstić information content (AvgIpc) is 2.47. The molecule has 0 aliphatic carbocycles. The molecule has 5 nitrogen and oxygen atoms in total. The van der Waals surface area contributed by atoms with E-state index in [9.17, 15) is 4.79 Å². The lowest BCUT2D eigenvalue weighted by atomic mass is 10.1. The van der Waals surface area contributed by atoms with Crippen LogP contribution in [-0.4, -0.2) is 48.3 Å². The molecule has 0 bridgehead atoms. The fourth-order valence-electron chi connectivity index (χ4n) is 2.07. The number of likely N-dealkylation sites (tertiary alicyclic amines) is 1. The summed E-state index contributed by atoms with van der Waals surface area (Å²) in [5.41, 5.74) is 0. The van der Waals surface area contributed by atoms with Crippen LogP contribution in [0.2, 0.25) is 0 Å². The van der Waals surface area contributed by atoms with Gasteiger partial charge < -0.3 is 4.74 Å². The molecule has 14 heavy (non-hydrogen) atoms. The largest absolute Gasteiger partial charge is 0.442 e. The highest BCUT2D eigenvalue weighted by molar-refractivity contribution is 5.69. The minimum Gasteiger partial charge on any atom is -0.442 e. The number of nitrogens with two attached hydrogens (primary N) is 1. The van der Waals surface area contributed by atoms with Crippen molar-refractivity contribution < 1.29 is 9.53 Å². The fraction of sp³-hybridized carbons (Fsp3) is 0.889. The Balaban J connectivity index is 1.77. The smallest absolute Gasteiger partial charge is 0.424 e. The van der Waals surface area contributed by atoms with Crippen LogP contribution in [0.25, 0.3) is 0 Å². The van der Waals surface area contributed by atoms with Crippen LogP contribution in [0.15, 0.2) is 0 Å². The van der Waals surface area contributed by atoms with E-state index in [4.69, 9.17) is 10.6 Å². The van der Waals surface area contributed by atoms with Gasteiger partial charge in [0.05, 0.1) is 6.54 Å². The van der Waals surface area contributed by atoms with Crippen molar-refractivity contribution >= 4 is 6.09 Å². The van der Waals surface area contributed by atoms with Gasteiger partial charge in [0.1, 0.15) is 6.10 Å². The molecule has 0 aromatic carbocycles. The lowest BCUT2D eigenvalue weighted by Gasteiger charge is -2.27. The van der Waals surface area contributed by atoms with Crippen molar-refractivity contribution in [2.24, 2.45) is 5.84 Å². The van der Waals surface area contributed by atoms with Crippen molar-refractivity contribution in [3.05, 3.63) is 0 Å². The highest BCUT2D eigenvalue weighted by Gasteiger charge is 2.30. The maximum absolute atomic E-state index is 11.0. The Morgan fingerprint density at radius 2 is 2.07 bits per heavy atom. The Hall–Kier alpha value is -0.810. The minimum absolute atomic E-state index is 0.0365. The summed E-state index contributed by atoms with van der Waals surface area (Å²) in [6.45, 7) is 3.60. The van der Waals surface area contributed by atoms with Crippen LogP contribution in [0, 0.1) is 0 Å². The van der Waals surface area contributed by atoms with Gasteiger partial charge in [-0.25, -0.2) is 15.6 Å². The predicted octanol–water partition coefficient (Wildman–Crippen LogP) is 0.167. The molecule has 80 valence electrons. The highest BCUT2D eigenvalue weighted by atomic mass is 16.6. The summed E-state index contributed by atoms with van der Waals surface area (Å²) >= 11 is 0. The van der Waals surface area contributed by atoms with Crippen molar-refractivity contribution in [3.63, 3.8) is 0 Å². The summed E-state index contributed by atoms with van der Waals surface area (Å²) in [5.74, 6) is 5.41. The van der Waals surface area contributed by atoms with E-state index in [1.165, 1.54) is 19.3 Å². The van der Waals surface area contributed by atoms with Crippen molar-refractivity contribution in [3.8, 4) is 0 Å². The molecular weight excluding hydrogens is 182 g/mol. The summed E-state index contributed by atoms with van der Waals surface area (Å²) in [6.07, 6.45) is 3.40. The van der Waals surface area contributed by atoms with E-state index in [1.54, 1.807) is 0 Å². The van der Waals surface area contributed by atoms with E-state index in [1.807, 2.05) is 0 Å². The molecule has 1 amide bonds. The number of carbonyl (C=O) groups is 1. The summed E-state index contributed by atoms with van der Waals surface area (Å²) < 4.78 is 5.10. The molecule has 0 spiro atoms. The first-order chi connectivity index (χ1) is 6.75. The number of cyclic esters (lactones) is 1. The van der Waals surface area contributed by atoms with Gasteiger partial charge in [-0.05, 0) is 25.9 Å². The summed E-state index contributed by atoms with van der Waals surface area (Å²) in [5, 5.41) is 1.15. The number of hydrazine groups is 1. The van der Waals surface area contributed by atoms with Crippen molar-refractivity contribution in [1.82, 2.24) is 9.91 Å². The molecule has 0 aromatic rings. The number of piperidine rings is 1. The molecule has 2 rings (SSSR count). The number of hydrogen-bond donors (Lipinski definition) is 1. The van der Waals surface area contributed by atoms with Crippen molar-refractivity contribution in [2.45, 2.75) is 25.4 Å². The first kappa shape index (κ1) is 9.73. The quantitative estimate of drug-likeness (QED) is 0.508. The molecule has 2 heterocycles. The lowest BCUT2D eigenvalue weighted by Crippen LogP contribution is -2.39. The van der Waals surface area contributed by atoms with Gasteiger partial charge in [0, 0.05) is 6.54 Å². The predicted molar refractivity (Wildman–Crippen MR) is 51.5 cm³/mol. The number of amides is 1. The van der Waals surface area contributed by atoms with E-state index >= 15 is 0 Å². The topological polar surface area (TPSA) is 58.8 Å². The summed E-state index contributed by atoms with van der Waals surface area (Å²) in [4.78, 5) is 13.3. The van der Waals surface area contributed by atoms with Crippen molar-refractivity contribution in [2.75, 3.05) is 26.2 Å². The Labute approximate surface area is 83.8 Å². The van der Waals surface area contributed by atoms with Gasteiger partial charge in [0.15, 0.2) is 0 Å². The molecule has 2 fully saturated rings. The SMILES string of the molecule is NN1CC(CN2CCCCC2)OC1=O. The van der Waals surface area contributed by atoms with Gasteiger partial charge in [-0.2, -0.15) is 0 Å². The number of rotatable bonds is 2. The lowest BCUT2D eigenvalue weighted by molar-refractivity contribution is 0.0990. The van der Waals surface area contributed by atoms with E-state index in [2.05, 4.69) is 4.90 Å². The van der Waals surface area contributed by atoms with E-state index in [-0.39, 0.29) is 6.10 Å². The van der Waals surface area contributed by atoms with Crippen LogP contribution < -0.4 is 5.84 Å². The molecule has 2 saturated heterocycles. The third-order valence-electron chi connectivity index (χ3n) is 2.81. The molecule has 1 unspecified atom stereocenters. The van der Waals surface area contributed by atoms with Crippen LogP contribution >= 0.6 is 0 Å². The van der Waals surface area contributed by atoms with E-state index < -0.39 is 6.09 Å². The Morgan fingerprint density at radius 1 is 1.36 bits per heavy atom. The number of hydrogen-bond acceptors (Lipinski definition) is 4. The zero-order valence-corrected chi connectivity index (χ0v) is 8.32. The summed E-state index contributed by atoms with van der Waals surface area (Å²) in [7, 11) is 0. The monoisotopic (exact) mass is 199 g/mol. The van der Waals surface area contributed by atoms with E-state index in [0.717, 1.165) is 24.6 Å². The standard InChI is InChI=1S/C9H17N3O2/c10-12-7-8(14-9(12)13)6-11-4-2-1-3-5-11/h8H,1-7,10H2. The second kappa shape index (κ2) is 4.14. The second-order valence-electron chi connectivity index (χ2n) is 4.02. The van der Waals surface area contributed by atoms with Crippen LogP contribution in [0.5, 0.6) is 0 Å². The first-order valence-corrected chi connectivity index (χ1v) is 5.21. The molecule has 2 N–H and O–H groups in total. The summed E-state index contributed by atoms with van der Waals surface area (Å²) in [6, 6.07) is 0. The van der Waals surface area contributed by atoms with Gasteiger partial charge >= 0.3 is 6.09 Å². The van der Waals surface area contributed by atoms with Crippen LogP contribution in [0.3, 0.4) is 0 Å². The molecule has 5 heteroatoms. The van der Waals surface area contributed by atoms with Crippen LogP contribution in [-0.2, 0) is 4.74 Å². The minimum atomic E-state index is -0.396. The molecule has 2 aliphatic rings. The third kappa shape index (κ3) is 2.16. The Morgan fingerprint density at radius 3 is 2.64 bits per heavy atom. The van der Waals surface area contributed by atoms with Crippen LogP contribution in [0.4, 0.5) is 4.79 Å². The maximum Gasteiger partial charge on any atom is 0.424 e. The zero-order valence-electron chi connectivity index (χ0n) is 8.32. The third-order valence-corrected chi connectivity index (χ3v) is 2.81. The average molecular weight is 199 g/mol. The number of carbonyl (C=O) groups excluding carboxylic acids is 1. The molecule has 1 atom stereocenters. The molecule has 2 aliphatic heterocycles. The Kier molecular flexibility index (Phi) is 2.88. The molecular formula is C9H17N3O2.